The fraction of sp³-hybridized carbons (Fsp3) is 0.154. The Morgan fingerprint density at radius 3 is 1.93 bits per heavy atom. The van der Waals surface area contributed by atoms with Crippen LogP contribution in [0.4, 0.5) is 0 Å². The smallest absolute Gasteiger partial charge is 0.256 e. The van der Waals surface area contributed by atoms with E-state index in [0.29, 0.717) is 0 Å². The number of rotatable bonds is 2. The molecule has 0 N–H and O–H groups in total. The molecule has 0 fully saturated rings. The standard InChI is InChI=1S/C39H33N2O/c1-24-26-12-6-7-13-27(26)33(39(2,3)4)23-31(24)37-38-30(20-21-40(37)5)32-22-25(18-19-36(32)42-38)41-34-16-10-8-14-28(34)29-15-9-11-17-35(29)41/h6-23H,1-5H3/q+1. The topological polar surface area (TPSA) is 21.9 Å². The van der Waals surface area contributed by atoms with E-state index < -0.39 is 0 Å². The van der Waals surface area contributed by atoms with E-state index in [9.17, 15) is 0 Å². The Kier molecular flexibility index (Phi) is 5.21. The van der Waals surface area contributed by atoms with E-state index in [2.05, 4.69) is 153 Å². The molecule has 0 spiro atoms. The molecule has 0 radical (unpaired) electrons. The Balaban J connectivity index is 1.42. The molecule has 8 aromatic rings. The molecule has 204 valence electrons. The van der Waals surface area contributed by atoms with E-state index in [-0.39, 0.29) is 5.41 Å². The molecule has 3 aromatic heterocycles. The molecule has 8 rings (SSSR count). The van der Waals surface area contributed by atoms with E-state index in [0.717, 1.165) is 33.3 Å². The van der Waals surface area contributed by atoms with Crippen molar-refractivity contribution in [2.24, 2.45) is 7.05 Å². The van der Waals surface area contributed by atoms with E-state index in [1.165, 1.54) is 49.3 Å². The summed E-state index contributed by atoms with van der Waals surface area (Å²) in [6.45, 7) is 9.13. The molecule has 5 aromatic carbocycles. The lowest BCUT2D eigenvalue weighted by Crippen LogP contribution is -2.30. The normalized spacial score (nSPS) is 12.4. The van der Waals surface area contributed by atoms with Gasteiger partial charge in [0.05, 0.1) is 16.6 Å². The molecule has 3 nitrogen and oxygen atoms in total. The van der Waals surface area contributed by atoms with Gasteiger partial charge in [-0.1, -0.05) is 81.4 Å². The van der Waals surface area contributed by atoms with Crippen molar-refractivity contribution in [3.63, 3.8) is 0 Å². The van der Waals surface area contributed by atoms with Gasteiger partial charge in [0.15, 0.2) is 6.20 Å². The van der Waals surface area contributed by atoms with Crippen molar-refractivity contribution in [1.29, 1.82) is 0 Å². The summed E-state index contributed by atoms with van der Waals surface area (Å²) in [7, 11) is 2.12. The minimum atomic E-state index is -0.000386. The van der Waals surface area contributed by atoms with Gasteiger partial charge in [0.1, 0.15) is 12.6 Å². The number of hydrogen-bond acceptors (Lipinski definition) is 1. The van der Waals surface area contributed by atoms with E-state index in [1.807, 2.05) is 0 Å². The molecule has 0 unspecified atom stereocenters. The van der Waals surface area contributed by atoms with Gasteiger partial charge in [0.2, 0.25) is 5.58 Å². The minimum Gasteiger partial charge on any atom is -0.449 e. The van der Waals surface area contributed by atoms with Gasteiger partial charge in [0.25, 0.3) is 5.69 Å². The van der Waals surface area contributed by atoms with Gasteiger partial charge < -0.3 is 8.98 Å². The number of benzene rings is 5. The van der Waals surface area contributed by atoms with Crippen LogP contribution in [0.1, 0.15) is 31.9 Å². The summed E-state index contributed by atoms with van der Waals surface area (Å²) >= 11 is 0. The molecule has 0 bridgehead atoms. The van der Waals surface area contributed by atoms with Crippen molar-refractivity contribution in [2.75, 3.05) is 0 Å². The zero-order chi connectivity index (χ0) is 28.7. The number of hydrogen-bond donors (Lipinski definition) is 0. The monoisotopic (exact) mass is 545 g/mol. The van der Waals surface area contributed by atoms with E-state index in [1.54, 1.807) is 0 Å². The maximum Gasteiger partial charge on any atom is 0.256 e. The van der Waals surface area contributed by atoms with E-state index in [4.69, 9.17) is 4.42 Å². The lowest BCUT2D eigenvalue weighted by Gasteiger charge is -2.23. The van der Waals surface area contributed by atoms with Gasteiger partial charge >= 0.3 is 0 Å². The van der Waals surface area contributed by atoms with Crippen molar-refractivity contribution in [1.82, 2.24) is 4.57 Å². The minimum absolute atomic E-state index is 0.000386. The van der Waals surface area contributed by atoms with Crippen molar-refractivity contribution < 1.29 is 8.98 Å². The van der Waals surface area contributed by atoms with Crippen LogP contribution < -0.4 is 4.57 Å². The zero-order valence-electron chi connectivity index (χ0n) is 24.7. The molecule has 0 atom stereocenters. The number of fused-ring (bicyclic) bond motifs is 7. The molecule has 3 heterocycles. The molecule has 0 saturated carbocycles. The van der Waals surface area contributed by atoms with Crippen molar-refractivity contribution in [2.45, 2.75) is 33.1 Å². The lowest BCUT2D eigenvalue weighted by molar-refractivity contribution is -0.659. The van der Waals surface area contributed by atoms with Crippen LogP contribution in [0.15, 0.2) is 114 Å². The number of nitrogens with zero attached hydrogens (tertiary/aromatic N) is 2. The van der Waals surface area contributed by atoms with Crippen molar-refractivity contribution in [3.05, 3.63) is 120 Å². The summed E-state index contributed by atoms with van der Waals surface area (Å²) in [5.41, 5.74) is 10.3. The fourth-order valence-electron chi connectivity index (χ4n) is 6.91. The average molecular weight is 546 g/mol. The number of pyridine rings is 1. The highest BCUT2D eigenvalue weighted by molar-refractivity contribution is 6.12. The quantitative estimate of drug-likeness (QED) is 0.198. The molecular formula is C39H33N2O+. The SMILES string of the molecule is Cc1c(-c2c3oc4ccc(-n5c6ccccc6c6ccccc65)cc4c3cc[n+]2C)cc(C(C)(C)C)c2ccccc12. The Morgan fingerprint density at radius 2 is 1.26 bits per heavy atom. The number of aromatic nitrogens is 2. The summed E-state index contributed by atoms with van der Waals surface area (Å²) in [4.78, 5) is 0. The van der Waals surface area contributed by atoms with Crippen LogP contribution in [0, 0.1) is 6.92 Å². The summed E-state index contributed by atoms with van der Waals surface area (Å²) < 4.78 is 11.3. The number of furan rings is 1. The third-order valence-corrected chi connectivity index (χ3v) is 8.96. The zero-order valence-corrected chi connectivity index (χ0v) is 24.7. The van der Waals surface area contributed by atoms with Crippen LogP contribution in [0.5, 0.6) is 0 Å². The molecule has 0 amide bonds. The number of para-hydroxylation sites is 2. The molecule has 0 aliphatic rings. The highest BCUT2D eigenvalue weighted by atomic mass is 16.3. The Labute approximate surface area is 245 Å². The summed E-state index contributed by atoms with van der Waals surface area (Å²) in [5.74, 6) is 0. The van der Waals surface area contributed by atoms with Crippen molar-refractivity contribution >= 4 is 54.5 Å². The van der Waals surface area contributed by atoms with Crippen LogP contribution in [0.3, 0.4) is 0 Å². The van der Waals surface area contributed by atoms with E-state index >= 15 is 0 Å². The second-order valence-corrected chi connectivity index (χ2v) is 12.6. The first kappa shape index (κ1) is 24.9. The van der Waals surface area contributed by atoms with Crippen LogP contribution in [-0.4, -0.2) is 4.57 Å². The van der Waals surface area contributed by atoms with Gasteiger partial charge in [-0.2, -0.15) is 4.57 Å². The Bertz CT molecular complexity index is 2310. The predicted molar refractivity (Wildman–Crippen MR) is 176 cm³/mol. The largest absolute Gasteiger partial charge is 0.449 e. The van der Waals surface area contributed by atoms with Crippen LogP contribution in [0.25, 0.3) is 71.5 Å². The first-order chi connectivity index (χ1) is 20.3. The maximum absolute atomic E-state index is 6.73. The predicted octanol–water partition coefficient (Wildman–Crippen LogP) is 9.93. The molecule has 0 aliphatic carbocycles. The highest BCUT2D eigenvalue weighted by Gasteiger charge is 2.27. The lowest BCUT2D eigenvalue weighted by atomic mass is 9.80. The second kappa shape index (κ2) is 8.80. The first-order valence-electron chi connectivity index (χ1n) is 14.7. The summed E-state index contributed by atoms with van der Waals surface area (Å²) in [5, 5.41) is 7.40. The fourth-order valence-corrected chi connectivity index (χ4v) is 6.91. The molecule has 3 heteroatoms. The third kappa shape index (κ3) is 3.50. The van der Waals surface area contributed by atoms with Crippen molar-refractivity contribution in [3.8, 4) is 16.9 Å². The Morgan fingerprint density at radius 1 is 0.643 bits per heavy atom. The van der Waals surface area contributed by atoms with Gasteiger partial charge in [-0.25, -0.2) is 0 Å². The third-order valence-electron chi connectivity index (χ3n) is 8.96. The molecule has 42 heavy (non-hydrogen) atoms. The molecule has 0 aliphatic heterocycles. The summed E-state index contributed by atoms with van der Waals surface area (Å²) in [6, 6.07) is 37.3. The molecular weight excluding hydrogens is 512 g/mol. The highest BCUT2D eigenvalue weighted by Crippen LogP contribution is 2.41. The van der Waals surface area contributed by atoms with Gasteiger partial charge in [-0.3, -0.25) is 0 Å². The molecule has 0 saturated heterocycles. The maximum atomic E-state index is 6.73. The van der Waals surface area contributed by atoms with Gasteiger partial charge in [0, 0.05) is 33.3 Å². The van der Waals surface area contributed by atoms with Gasteiger partial charge in [-0.15, -0.1) is 0 Å². The van der Waals surface area contributed by atoms with Crippen LogP contribution >= 0.6 is 0 Å². The first-order valence-corrected chi connectivity index (χ1v) is 14.7. The number of aryl methyl sites for hydroxylation is 2. The average Bonchev–Trinajstić information content (AvgIpc) is 3.52. The van der Waals surface area contributed by atoms with Crippen LogP contribution in [0.2, 0.25) is 0 Å². The second-order valence-electron chi connectivity index (χ2n) is 12.6. The van der Waals surface area contributed by atoms with Crippen LogP contribution in [-0.2, 0) is 12.5 Å². The summed E-state index contributed by atoms with van der Waals surface area (Å²) in [6.07, 6.45) is 2.17. The van der Waals surface area contributed by atoms with Gasteiger partial charge in [-0.05, 0) is 70.6 Å². The Hall–Kier alpha value is -4.89.